The molecule has 3 fully saturated rings. The minimum Gasteiger partial charge on any atom is -0.378 e. The van der Waals surface area contributed by atoms with E-state index in [0.717, 1.165) is 25.7 Å². The minimum atomic E-state index is 0.157. The Kier molecular flexibility index (Phi) is 3.34. The molecule has 2 saturated heterocycles. The van der Waals surface area contributed by atoms with Crippen molar-refractivity contribution in [3.63, 3.8) is 0 Å². The van der Waals surface area contributed by atoms with Crippen molar-refractivity contribution in [2.45, 2.75) is 69.2 Å². The standard InChI is InChI=1S/C13H22N2O2/c16-13(15-9-1-2-9)5-6-17-12-7-10-3-4-11(8-12)14-10/h9-12,14H,1-8H2,(H,15,16). The van der Waals surface area contributed by atoms with Crippen LogP contribution in [0.25, 0.3) is 0 Å². The highest BCUT2D eigenvalue weighted by Crippen LogP contribution is 2.28. The molecule has 2 heterocycles. The first kappa shape index (κ1) is 11.5. The van der Waals surface area contributed by atoms with Crippen LogP contribution in [-0.4, -0.2) is 36.7 Å². The van der Waals surface area contributed by atoms with Gasteiger partial charge in [-0.1, -0.05) is 0 Å². The fourth-order valence-corrected chi connectivity index (χ4v) is 2.99. The first-order valence-electron chi connectivity index (χ1n) is 6.96. The fourth-order valence-electron chi connectivity index (χ4n) is 2.99. The van der Waals surface area contributed by atoms with Crippen LogP contribution in [-0.2, 0) is 9.53 Å². The van der Waals surface area contributed by atoms with Crippen molar-refractivity contribution in [2.24, 2.45) is 0 Å². The molecule has 17 heavy (non-hydrogen) atoms. The molecule has 1 aliphatic carbocycles. The van der Waals surface area contributed by atoms with E-state index in [9.17, 15) is 4.79 Å². The number of ether oxygens (including phenoxy) is 1. The zero-order valence-corrected chi connectivity index (χ0v) is 10.3. The lowest BCUT2D eigenvalue weighted by atomic mass is 10.0. The normalized spacial score (nSPS) is 35.9. The number of nitrogens with one attached hydrogen (secondary N) is 2. The van der Waals surface area contributed by atoms with Crippen molar-refractivity contribution < 1.29 is 9.53 Å². The molecule has 0 radical (unpaired) electrons. The Morgan fingerprint density at radius 3 is 2.53 bits per heavy atom. The molecule has 3 aliphatic rings. The van der Waals surface area contributed by atoms with Gasteiger partial charge in [0.25, 0.3) is 0 Å². The number of carbonyl (C=O) groups is 1. The lowest BCUT2D eigenvalue weighted by Crippen LogP contribution is -2.41. The molecule has 2 atom stereocenters. The van der Waals surface area contributed by atoms with Gasteiger partial charge in [0.2, 0.25) is 5.91 Å². The molecule has 1 amide bonds. The van der Waals surface area contributed by atoms with Gasteiger partial charge < -0.3 is 15.4 Å². The summed E-state index contributed by atoms with van der Waals surface area (Å²) in [5.41, 5.74) is 0. The molecule has 2 bridgehead atoms. The Bertz CT molecular complexity index is 279. The second-order valence-electron chi connectivity index (χ2n) is 5.69. The van der Waals surface area contributed by atoms with Gasteiger partial charge in [-0.3, -0.25) is 4.79 Å². The van der Waals surface area contributed by atoms with Crippen molar-refractivity contribution >= 4 is 5.91 Å². The van der Waals surface area contributed by atoms with Crippen LogP contribution < -0.4 is 10.6 Å². The van der Waals surface area contributed by atoms with Crippen molar-refractivity contribution in [1.82, 2.24) is 10.6 Å². The topological polar surface area (TPSA) is 50.4 Å². The number of hydrogen-bond acceptors (Lipinski definition) is 3. The molecule has 4 nitrogen and oxygen atoms in total. The lowest BCUT2D eigenvalue weighted by molar-refractivity contribution is -0.123. The van der Waals surface area contributed by atoms with E-state index in [1.54, 1.807) is 0 Å². The van der Waals surface area contributed by atoms with Crippen LogP contribution in [0.4, 0.5) is 0 Å². The maximum Gasteiger partial charge on any atom is 0.222 e. The summed E-state index contributed by atoms with van der Waals surface area (Å²) < 4.78 is 5.84. The first-order valence-corrected chi connectivity index (χ1v) is 6.96. The molecule has 2 N–H and O–H groups in total. The lowest BCUT2D eigenvalue weighted by Gasteiger charge is -2.29. The number of rotatable bonds is 5. The second-order valence-corrected chi connectivity index (χ2v) is 5.69. The molecule has 0 aromatic rings. The van der Waals surface area contributed by atoms with Gasteiger partial charge in [0.1, 0.15) is 0 Å². The van der Waals surface area contributed by atoms with E-state index < -0.39 is 0 Å². The van der Waals surface area contributed by atoms with Crippen LogP contribution in [0, 0.1) is 0 Å². The molecule has 3 rings (SSSR count). The number of piperidine rings is 1. The SMILES string of the molecule is O=C(CCOC1CC2CCC(C1)N2)NC1CC1. The highest BCUT2D eigenvalue weighted by molar-refractivity contribution is 5.76. The third-order valence-corrected chi connectivity index (χ3v) is 4.05. The average molecular weight is 238 g/mol. The Labute approximate surface area is 102 Å². The van der Waals surface area contributed by atoms with E-state index in [4.69, 9.17) is 4.74 Å². The Hall–Kier alpha value is -0.610. The van der Waals surface area contributed by atoms with Crippen molar-refractivity contribution in [3.05, 3.63) is 0 Å². The minimum absolute atomic E-state index is 0.157. The van der Waals surface area contributed by atoms with Gasteiger partial charge >= 0.3 is 0 Å². The molecule has 2 unspecified atom stereocenters. The van der Waals surface area contributed by atoms with Crippen LogP contribution in [0.3, 0.4) is 0 Å². The van der Waals surface area contributed by atoms with E-state index in [1.807, 2.05) is 0 Å². The average Bonchev–Trinajstić information content (AvgIpc) is 3.04. The Morgan fingerprint density at radius 2 is 1.88 bits per heavy atom. The maximum atomic E-state index is 11.5. The summed E-state index contributed by atoms with van der Waals surface area (Å²) >= 11 is 0. The van der Waals surface area contributed by atoms with Gasteiger partial charge in [-0.05, 0) is 38.5 Å². The van der Waals surface area contributed by atoms with E-state index in [-0.39, 0.29) is 5.91 Å². The quantitative estimate of drug-likeness (QED) is 0.750. The van der Waals surface area contributed by atoms with Crippen LogP contribution in [0.15, 0.2) is 0 Å². The highest BCUT2D eigenvalue weighted by Gasteiger charge is 2.33. The monoisotopic (exact) mass is 238 g/mol. The number of hydrogen-bond donors (Lipinski definition) is 2. The van der Waals surface area contributed by atoms with E-state index in [1.165, 1.54) is 12.8 Å². The third kappa shape index (κ3) is 3.19. The zero-order chi connectivity index (χ0) is 11.7. The van der Waals surface area contributed by atoms with Gasteiger partial charge in [-0.15, -0.1) is 0 Å². The van der Waals surface area contributed by atoms with E-state index in [2.05, 4.69) is 10.6 Å². The van der Waals surface area contributed by atoms with Crippen LogP contribution >= 0.6 is 0 Å². The third-order valence-electron chi connectivity index (χ3n) is 4.05. The molecule has 96 valence electrons. The van der Waals surface area contributed by atoms with E-state index in [0.29, 0.717) is 37.3 Å². The summed E-state index contributed by atoms with van der Waals surface area (Å²) in [6, 6.07) is 1.80. The van der Waals surface area contributed by atoms with Crippen LogP contribution in [0.5, 0.6) is 0 Å². The number of fused-ring (bicyclic) bond motifs is 2. The largest absolute Gasteiger partial charge is 0.378 e. The number of carbonyl (C=O) groups excluding carboxylic acids is 1. The van der Waals surface area contributed by atoms with Crippen LogP contribution in [0.2, 0.25) is 0 Å². The zero-order valence-electron chi connectivity index (χ0n) is 10.3. The summed E-state index contributed by atoms with van der Waals surface area (Å²) in [6.07, 6.45) is 8.06. The molecule has 1 saturated carbocycles. The van der Waals surface area contributed by atoms with Crippen molar-refractivity contribution in [2.75, 3.05) is 6.61 Å². The Morgan fingerprint density at radius 1 is 1.18 bits per heavy atom. The fraction of sp³-hybridized carbons (Fsp3) is 0.923. The smallest absolute Gasteiger partial charge is 0.222 e. The molecule has 2 aliphatic heterocycles. The molecular weight excluding hydrogens is 216 g/mol. The van der Waals surface area contributed by atoms with Crippen LogP contribution in [0.1, 0.15) is 44.9 Å². The number of amides is 1. The summed E-state index contributed by atoms with van der Waals surface area (Å²) in [7, 11) is 0. The highest BCUT2D eigenvalue weighted by atomic mass is 16.5. The molecule has 0 aromatic carbocycles. The molecular formula is C13H22N2O2. The predicted octanol–water partition coefficient (Wildman–Crippen LogP) is 0.955. The summed E-state index contributed by atoms with van der Waals surface area (Å²) in [5.74, 6) is 0.157. The first-order chi connectivity index (χ1) is 8.29. The van der Waals surface area contributed by atoms with E-state index >= 15 is 0 Å². The summed E-state index contributed by atoms with van der Waals surface area (Å²) in [4.78, 5) is 11.5. The maximum absolute atomic E-state index is 11.5. The molecule has 4 heteroatoms. The van der Waals surface area contributed by atoms with Gasteiger partial charge in [0.05, 0.1) is 12.7 Å². The van der Waals surface area contributed by atoms with Gasteiger partial charge in [-0.2, -0.15) is 0 Å². The van der Waals surface area contributed by atoms with Crippen molar-refractivity contribution in [3.8, 4) is 0 Å². The summed E-state index contributed by atoms with van der Waals surface area (Å²) in [6.45, 7) is 0.586. The predicted molar refractivity (Wildman–Crippen MR) is 64.7 cm³/mol. The van der Waals surface area contributed by atoms with Gasteiger partial charge in [0.15, 0.2) is 0 Å². The second kappa shape index (κ2) is 4.94. The molecule has 0 spiro atoms. The Balaban J connectivity index is 1.32. The van der Waals surface area contributed by atoms with Gasteiger partial charge in [0, 0.05) is 24.5 Å². The molecule has 0 aromatic heterocycles. The van der Waals surface area contributed by atoms with Gasteiger partial charge in [-0.25, -0.2) is 0 Å². The summed E-state index contributed by atoms with van der Waals surface area (Å²) in [5, 5.41) is 6.58. The van der Waals surface area contributed by atoms with Crippen molar-refractivity contribution in [1.29, 1.82) is 0 Å².